The molecule has 0 radical (unpaired) electrons. The van der Waals surface area contributed by atoms with Crippen molar-refractivity contribution in [2.75, 3.05) is 5.32 Å². The molecule has 4 aromatic carbocycles. The highest BCUT2D eigenvalue weighted by molar-refractivity contribution is 6.12. The highest BCUT2D eigenvalue weighted by atomic mass is 16.6. The maximum Gasteiger partial charge on any atom is 0.292 e. The number of nitrogens with one attached hydrogen (secondary N) is 1. The minimum atomic E-state index is -0.415. The SMILES string of the molecule is O=C(c1ccccc1)c1ccccc1-c1ccc(Nc2ccccc2[N+](=O)[O-])cc1. The lowest BCUT2D eigenvalue weighted by atomic mass is 9.94. The highest BCUT2D eigenvalue weighted by Crippen LogP contribution is 2.30. The average Bonchev–Trinajstić information content (AvgIpc) is 2.80. The van der Waals surface area contributed by atoms with Crippen molar-refractivity contribution in [1.29, 1.82) is 0 Å². The topological polar surface area (TPSA) is 72.2 Å². The number of ketones is 1. The first kappa shape index (κ1) is 19.1. The smallest absolute Gasteiger partial charge is 0.292 e. The van der Waals surface area contributed by atoms with E-state index in [1.54, 1.807) is 30.3 Å². The molecule has 0 unspecified atom stereocenters. The Bertz CT molecular complexity index is 1200. The van der Waals surface area contributed by atoms with E-state index in [1.807, 2.05) is 66.7 Å². The minimum Gasteiger partial charge on any atom is -0.350 e. The van der Waals surface area contributed by atoms with E-state index in [-0.39, 0.29) is 11.5 Å². The van der Waals surface area contributed by atoms with Crippen LogP contribution in [0.1, 0.15) is 15.9 Å². The number of hydrogen-bond donors (Lipinski definition) is 1. The molecule has 0 bridgehead atoms. The van der Waals surface area contributed by atoms with Crippen LogP contribution in [0, 0.1) is 10.1 Å². The summed E-state index contributed by atoms with van der Waals surface area (Å²) in [5.41, 5.74) is 4.16. The highest BCUT2D eigenvalue weighted by Gasteiger charge is 2.15. The Kier molecular flexibility index (Phi) is 5.35. The molecule has 4 rings (SSSR count). The number of nitro groups is 1. The van der Waals surface area contributed by atoms with Gasteiger partial charge in [-0.15, -0.1) is 0 Å². The molecule has 0 saturated carbocycles. The molecule has 0 saturated heterocycles. The quantitative estimate of drug-likeness (QED) is 0.239. The van der Waals surface area contributed by atoms with E-state index >= 15 is 0 Å². The summed E-state index contributed by atoms with van der Waals surface area (Å²) in [6.45, 7) is 0. The van der Waals surface area contributed by atoms with Gasteiger partial charge in [0, 0.05) is 22.9 Å². The number of anilines is 2. The van der Waals surface area contributed by atoms with Crippen LogP contribution < -0.4 is 5.32 Å². The molecule has 0 aliphatic rings. The molecule has 0 fully saturated rings. The third-order valence-electron chi connectivity index (χ3n) is 4.78. The third-order valence-corrected chi connectivity index (χ3v) is 4.78. The molecule has 0 aliphatic heterocycles. The number of carbonyl (C=O) groups excluding carboxylic acids is 1. The Balaban J connectivity index is 1.63. The first-order valence-corrected chi connectivity index (χ1v) is 9.43. The molecule has 0 atom stereocenters. The number of hydrogen-bond acceptors (Lipinski definition) is 4. The van der Waals surface area contributed by atoms with Crippen LogP contribution in [0.25, 0.3) is 11.1 Å². The Morgan fingerprint density at radius 3 is 2.10 bits per heavy atom. The predicted octanol–water partition coefficient (Wildman–Crippen LogP) is 6.24. The van der Waals surface area contributed by atoms with E-state index in [0.717, 1.165) is 16.8 Å². The van der Waals surface area contributed by atoms with Crippen LogP contribution in [0.4, 0.5) is 17.1 Å². The number of para-hydroxylation sites is 2. The van der Waals surface area contributed by atoms with Crippen LogP contribution in [-0.2, 0) is 0 Å². The fourth-order valence-electron chi connectivity index (χ4n) is 3.31. The molecule has 4 aromatic rings. The van der Waals surface area contributed by atoms with Crippen molar-refractivity contribution in [3.8, 4) is 11.1 Å². The number of carbonyl (C=O) groups is 1. The number of nitro benzene ring substituents is 1. The first-order chi connectivity index (χ1) is 14.6. The van der Waals surface area contributed by atoms with E-state index < -0.39 is 4.92 Å². The number of rotatable bonds is 6. The molecule has 0 aromatic heterocycles. The standard InChI is InChI=1S/C25H18N2O3/c28-25(19-8-2-1-3-9-19)22-11-5-4-10-21(22)18-14-16-20(17-15-18)26-23-12-6-7-13-24(23)27(29)30/h1-17,26H. The lowest BCUT2D eigenvalue weighted by molar-refractivity contribution is -0.383. The van der Waals surface area contributed by atoms with Crippen molar-refractivity contribution in [2.45, 2.75) is 0 Å². The van der Waals surface area contributed by atoms with Gasteiger partial charge in [0.15, 0.2) is 5.78 Å². The Hall–Kier alpha value is -4.25. The number of benzene rings is 4. The van der Waals surface area contributed by atoms with Gasteiger partial charge in [-0.3, -0.25) is 14.9 Å². The molecule has 0 spiro atoms. The van der Waals surface area contributed by atoms with E-state index in [9.17, 15) is 14.9 Å². The first-order valence-electron chi connectivity index (χ1n) is 9.43. The molecule has 0 heterocycles. The molecule has 146 valence electrons. The van der Waals surface area contributed by atoms with Gasteiger partial charge in [0.1, 0.15) is 5.69 Å². The summed E-state index contributed by atoms with van der Waals surface area (Å²) in [5, 5.41) is 14.3. The summed E-state index contributed by atoms with van der Waals surface area (Å²) < 4.78 is 0. The fraction of sp³-hybridized carbons (Fsp3) is 0. The second-order valence-electron chi connectivity index (χ2n) is 6.72. The van der Waals surface area contributed by atoms with Gasteiger partial charge >= 0.3 is 0 Å². The molecular weight excluding hydrogens is 376 g/mol. The van der Waals surface area contributed by atoms with Crippen LogP contribution in [-0.4, -0.2) is 10.7 Å². The van der Waals surface area contributed by atoms with Crippen molar-refractivity contribution in [3.05, 3.63) is 124 Å². The van der Waals surface area contributed by atoms with Gasteiger partial charge < -0.3 is 5.32 Å². The molecule has 5 heteroatoms. The van der Waals surface area contributed by atoms with Crippen LogP contribution >= 0.6 is 0 Å². The van der Waals surface area contributed by atoms with Gasteiger partial charge in [0.2, 0.25) is 0 Å². The maximum atomic E-state index is 13.0. The van der Waals surface area contributed by atoms with Crippen molar-refractivity contribution in [3.63, 3.8) is 0 Å². The molecule has 0 aliphatic carbocycles. The van der Waals surface area contributed by atoms with E-state index in [2.05, 4.69) is 5.32 Å². The largest absolute Gasteiger partial charge is 0.350 e. The molecule has 1 N–H and O–H groups in total. The summed E-state index contributed by atoms with van der Waals surface area (Å²) in [6, 6.07) is 30.7. The van der Waals surface area contributed by atoms with Crippen molar-refractivity contribution in [1.82, 2.24) is 0 Å². The van der Waals surface area contributed by atoms with Gasteiger partial charge in [-0.2, -0.15) is 0 Å². The van der Waals surface area contributed by atoms with Crippen molar-refractivity contribution in [2.24, 2.45) is 0 Å². The predicted molar refractivity (Wildman–Crippen MR) is 118 cm³/mol. The van der Waals surface area contributed by atoms with Gasteiger partial charge in [-0.25, -0.2) is 0 Å². The lowest BCUT2D eigenvalue weighted by Crippen LogP contribution is -2.03. The second-order valence-corrected chi connectivity index (χ2v) is 6.72. The van der Waals surface area contributed by atoms with Gasteiger partial charge in [-0.05, 0) is 29.3 Å². The molecule has 0 amide bonds. The molecule has 5 nitrogen and oxygen atoms in total. The summed E-state index contributed by atoms with van der Waals surface area (Å²) in [4.78, 5) is 23.8. The summed E-state index contributed by atoms with van der Waals surface area (Å²) in [7, 11) is 0. The van der Waals surface area contributed by atoms with Gasteiger partial charge in [0.05, 0.1) is 4.92 Å². The van der Waals surface area contributed by atoms with Crippen LogP contribution in [0.5, 0.6) is 0 Å². The Labute approximate surface area is 173 Å². The van der Waals surface area contributed by atoms with Gasteiger partial charge in [0.25, 0.3) is 5.69 Å². The molecule has 30 heavy (non-hydrogen) atoms. The zero-order valence-electron chi connectivity index (χ0n) is 16.0. The summed E-state index contributed by atoms with van der Waals surface area (Å²) in [6.07, 6.45) is 0. The number of nitrogens with zero attached hydrogens (tertiary/aromatic N) is 1. The second kappa shape index (κ2) is 8.41. The van der Waals surface area contributed by atoms with E-state index in [0.29, 0.717) is 16.8 Å². The maximum absolute atomic E-state index is 13.0. The van der Waals surface area contributed by atoms with Crippen LogP contribution in [0.2, 0.25) is 0 Å². The zero-order valence-corrected chi connectivity index (χ0v) is 16.0. The average molecular weight is 394 g/mol. The third kappa shape index (κ3) is 3.95. The Morgan fingerprint density at radius 2 is 1.37 bits per heavy atom. The lowest BCUT2D eigenvalue weighted by Gasteiger charge is -2.11. The Morgan fingerprint density at radius 1 is 0.733 bits per heavy atom. The fourth-order valence-corrected chi connectivity index (χ4v) is 3.31. The van der Waals surface area contributed by atoms with Crippen molar-refractivity contribution >= 4 is 22.8 Å². The van der Waals surface area contributed by atoms with E-state index in [1.165, 1.54) is 6.07 Å². The normalized spacial score (nSPS) is 10.4. The minimum absolute atomic E-state index is 0.0142. The summed E-state index contributed by atoms with van der Waals surface area (Å²) >= 11 is 0. The summed E-state index contributed by atoms with van der Waals surface area (Å²) in [5.74, 6) is -0.0340. The van der Waals surface area contributed by atoms with Crippen molar-refractivity contribution < 1.29 is 9.72 Å². The molecular formula is C25H18N2O3. The monoisotopic (exact) mass is 394 g/mol. The van der Waals surface area contributed by atoms with Gasteiger partial charge in [-0.1, -0.05) is 78.9 Å². The van der Waals surface area contributed by atoms with Crippen LogP contribution in [0.15, 0.2) is 103 Å². The van der Waals surface area contributed by atoms with Crippen LogP contribution in [0.3, 0.4) is 0 Å². The van der Waals surface area contributed by atoms with E-state index in [4.69, 9.17) is 0 Å². The zero-order chi connectivity index (χ0) is 20.9.